The van der Waals surface area contributed by atoms with Gasteiger partial charge in [-0.2, -0.15) is 0 Å². The van der Waals surface area contributed by atoms with E-state index in [0.29, 0.717) is 18.7 Å². The van der Waals surface area contributed by atoms with Crippen LogP contribution < -0.4 is 0 Å². The standard InChI is InChI=1S/C24H34N4O5.ClH.H2O/c1-6-24(18-10-8-7-9-11-18)21(31)27(16-19(29)12-14-25(2)3)23(33)28(22(24)32)17-20(30)13-15-26(4)5;;/h7-11H,6,12-17H2,1-5H3;1H;1H2. The summed E-state index contributed by atoms with van der Waals surface area (Å²) in [6.07, 6.45) is 0.404. The summed E-state index contributed by atoms with van der Waals surface area (Å²) in [7, 11) is 7.28. The number of rotatable bonds is 12. The zero-order chi connectivity index (χ0) is 24.8. The van der Waals surface area contributed by atoms with Crippen molar-refractivity contribution in [1.29, 1.82) is 0 Å². The van der Waals surface area contributed by atoms with Crippen molar-refractivity contribution >= 4 is 41.8 Å². The molecule has 2 rings (SSSR count). The van der Waals surface area contributed by atoms with E-state index in [1.54, 1.807) is 37.3 Å². The largest absolute Gasteiger partial charge is 0.412 e. The highest BCUT2D eigenvalue weighted by Gasteiger charge is 2.57. The monoisotopic (exact) mass is 512 g/mol. The van der Waals surface area contributed by atoms with E-state index in [9.17, 15) is 24.0 Å². The number of nitrogens with zero attached hydrogens (tertiary/aromatic N) is 4. The maximum Gasteiger partial charge on any atom is 0.334 e. The smallest absolute Gasteiger partial charge is 0.334 e. The Morgan fingerprint density at radius 2 is 1.20 bits per heavy atom. The number of carbonyl (C=O) groups is 5. The van der Waals surface area contributed by atoms with Gasteiger partial charge in [0.2, 0.25) is 0 Å². The average molecular weight is 513 g/mol. The number of hydrogen-bond acceptors (Lipinski definition) is 7. The molecule has 35 heavy (non-hydrogen) atoms. The third kappa shape index (κ3) is 7.41. The molecule has 0 radical (unpaired) electrons. The Bertz CT molecular complexity index is 859. The Morgan fingerprint density at radius 3 is 1.54 bits per heavy atom. The van der Waals surface area contributed by atoms with Crippen LogP contribution in [0.3, 0.4) is 0 Å². The Morgan fingerprint density at radius 1 is 0.800 bits per heavy atom. The van der Waals surface area contributed by atoms with Crippen LogP contribution in [-0.4, -0.2) is 109 Å². The summed E-state index contributed by atoms with van der Waals surface area (Å²) in [4.78, 5) is 71.0. The quantitative estimate of drug-likeness (QED) is 0.378. The maximum atomic E-state index is 13.6. The van der Waals surface area contributed by atoms with Crippen LogP contribution in [0.4, 0.5) is 4.79 Å². The molecule has 0 atom stereocenters. The number of Topliss-reactive ketones (excluding diaryl/α,β-unsaturated/α-hetero) is 2. The summed E-state index contributed by atoms with van der Waals surface area (Å²) in [5, 5.41) is 0. The number of urea groups is 1. The van der Waals surface area contributed by atoms with Crippen molar-refractivity contribution in [1.82, 2.24) is 19.6 Å². The van der Waals surface area contributed by atoms with Gasteiger partial charge in [0.05, 0.1) is 13.1 Å². The molecule has 4 amide bonds. The predicted molar refractivity (Wildman–Crippen MR) is 134 cm³/mol. The lowest BCUT2D eigenvalue weighted by atomic mass is 9.74. The molecule has 1 aromatic rings. The van der Waals surface area contributed by atoms with Crippen molar-refractivity contribution in [3.05, 3.63) is 35.9 Å². The molecule has 196 valence electrons. The van der Waals surface area contributed by atoms with E-state index >= 15 is 0 Å². The van der Waals surface area contributed by atoms with Crippen LogP contribution in [0.5, 0.6) is 0 Å². The normalized spacial score (nSPS) is 15.2. The number of imide groups is 2. The third-order valence-corrected chi connectivity index (χ3v) is 5.82. The highest BCUT2D eigenvalue weighted by atomic mass is 35.5. The SMILES string of the molecule is CCC1(c2ccccc2)C(=O)N(CC(=O)CCN(C)C)C(=O)N(CC(=O)CCN(C)C)C1=O.Cl.O. The Labute approximate surface area is 212 Å². The number of carbonyl (C=O) groups excluding carboxylic acids is 5. The van der Waals surface area contributed by atoms with Gasteiger partial charge < -0.3 is 15.3 Å². The van der Waals surface area contributed by atoms with Gasteiger partial charge in [0, 0.05) is 25.9 Å². The van der Waals surface area contributed by atoms with Crippen LogP contribution in [0, 0.1) is 0 Å². The Hall–Kier alpha value is -2.66. The van der Waals surface area contributed by atoms with Gasteiger partial charge in [-0.1, -0.05) is 37.3 Å². The van der Waals surface area contributed by atoms with E-state index in [0.717, 1.165) is 9.80 Å². The summed E-state index contributed by atoms with van der Waals surface area (Å²) >= 11 is 0. The molecule has 1 saturated heterocycles. The molecule has 11 heteroatoms. The van der Waals surface area contributed by atoms with Gasteiger partial charge in [-0.05, 0) is 40.2 Å². The first-order chi connectivity index (χ1) is 15.5. The first-order valence-electron chi connectivity index (χ1n) is 11.1. The fourth-order valence-electron chi connectivity index (χ4n) is 3.83. The number of amides is 4. The molecule has 1 aliphatic heterocycles. The number of hydrogen-bond donors (Lipinski definition) is 0. The molecule has 10 nitrogen and oxygen atoms in total. The summed E-state index contributed by atoms with van der Waals surface area (Å²) in [6.45, 7) is 1.76. The van der Waals surface area contributed by atoms with Crippen molar-refractivity contribution in [2.45, 2.75) is 31.6 Å². The van der Waals surface area contributed by atoms with Gasteiger partial charge in [0.1, 0.15) is 0 Å². The highest BCUT2D eigenvalue weighted by Crippen LogP contribution is 2.36. The van der Waals surface area contributed by atoms with Crippen molar-refractivity contribution in [2.24, 2.45) is 0 Å². The van der Waals surface area contributed by atoms with Gasteiger partial charge in [-0.25, -0.2) is 4.79 Å². The number of benzene rings is 1. The summed E-state index contributed by atoms with van der Waals surface area (Å²) in [5.41, 5.74) is -1.23. The van der Waals surface area contributed by atoms with E-state index in [-0.39, 0.29) is 48.7 Å². The van der Waals surface area contributed by atoms with Crippen molar-refractivity contribution in [2.75, 3.05) is 54.4 Å². The van der Waals surface area contributed by atoms with Crippen molar-refractivity contribution in [3.8, 4) is 0 Å². The highest BCUT2D eigenvalue weighted by molar-refractivity contribution is 6.24. The second kappa shape index (κ2) is 14.0. The van der Waals surface area contributed by atoms with Crippen molar-refractivity contribution in [3.63, 3.8) is 0 Å². The zero-order valence-corrected chi connectivity index (χ0v) is 21.9. The van der Waals surface area contributed by atoms with E-state index in [4.69, 9.17) is 0 Å². The van der Waals surface area contributed by atoms with E-state index in [1.807, 2.05) is 38.0 Å². The fraction of sp³-hybridized carbons (Fsp3) is 0.542. The first kappa shape index (κ1) is 32.3. The van der Waals surface area contributed by atoms with Crippen LogP contribution in [0.1, 0.15) is 31.7 Å². The minimum Gasteiger partial charge on any atom is -0.412 e. The Balaban J connectivity index is 0.00000578. The number of ketones is 2. The molecule has 2 N–H and O–H groups in total. The van der Waals surface area contributed by atoms with E-state index < -0.39 is 36.3 Å². The van der Waals surface area contributed by atoms with Gasteiger partial charge >= 0.3 is 6.03 Å². The summed E-state index contributed by atoms with van der Waals surface area (Å²) < 4.78 is 0. The van der Waals surface area contributed by atoms with Crippen LogP contribution in [0.25, 0.3) is 0 Å². The second-order valence-electron chi connectivity index (χ2n) is 8.87. The fourth-order valence-corrected chi connectivity index (χ4v) is 3.83. The van der Waals surface area contributed by atoms with E-state index in [2.05, 4.69) is 0 Å². The minimum atomic E-state index is -1.67. The minimum absolute atomic E-state index is 0. The van der Waals surface area contributed by atoms with Gasteiger partial charge in [0.15, 0.2) is 17.0 Å². The molecule has 0 spiro atoms. The third-order valence-electron chi connectivity index (χ3n) is 5.82. The molecule has 0 saturated carbocycles. The Kier molecular flexibility index (Phi) is 13.0. The zero-order valence-electron chi connectivity index (χ0n) is 21.1. The maximum absolute atomic E-state index is 13.6. The topological polar surface area (TPSA) is 130 Å². The summed E-state index contributed by atoms with van der Waals surface area (Å²) in [6, 6.07) is 7.59. The van der Waals surface area contributed by atoms with Crippen LogP contribution in [-0.2, 0) is 24.6 Å². The lowest BCUT2D eigenvalue weighted by molar-refractivity contribution is -0.155. The lowest BCUT2D eigenvalue weighted by Crippen LogP contribution is -2.68. The van der Waals surface area contributed by atoms with Gasteiger partial charge in [-0.15, -0.1) is 12.4 Å². The first-order valence-corrected chi connectivity index (χ1v) is 11.1. The van der Waals surface area contributed by atoms with Crippen molar-refractivity contribution < 1.29 is 29.4 Å². The lowest BCUT2D eigenvalue weighted by Gasteiger charge is -2.43. The van der Waals surface area contributed by atoms with Crippen LogP contribution in [0.15, 0.2) is 30.3 Å². The van der Waals surface area contributed by atoms with Gasteiger partial charge in [0.25, 0.3) is 11.8 Å². The molecule has 1 aliphatic rings. The average Bonchev–Trinajstić information content (AvgIpc) is 2.78. The molecule has 0 unspecified atom stereocenters. The molecule has 1 fully saturated rings. The molecule has 0 aliphatic carbocycles. The summed E-state index contributed by atoms with van der Waals surface area (Å²) in [5.74, 6) is -2.03. The van der Waals surface area contributed by atoms with Gasteiger partial charge in [-0.3, -0.25) is 29.0 Å². The molecular weight excluding hydrogens is 476 g/mol. The molecule has 0 bridgehead atoms. The number of halogens is 1. The second-order valence-corrected chi connectivity index (χ2v) is 8.87. The molecule has 0 aromatic heterocycles. The molecule has 1 aromatic carbocycles. The molecular formula is C24H37ClN4O6. The van der Waals surface area contributed by atoms with Crippen LogP contribution in [0.2, 0.25) is 0 Å². The number of barbiturate groups is 1. The van der Waals surface area contributed by atoms with E-state index in [1.165, 1.54) is 0 Å². The predicted octanol–water partition coefficient (Wildman–Crippen LogP) is 0.764. The van der Waals surface area contributed by atoms with Crippen LogP contribution >= 0.6 is 12.4 Å². The molecule has 1 heterocycles.